The number of alkyl halides is 1. The highest BCUT2D eigenvalue weighted by atomic mass is 127. The van der Waals surface area contributed by atoms with Crippen LogP contribution in [0.2, 0.25) is 0 Å². The predicted molar refractivity (Wildman–Crippen MR) is 60.1 cm³/mol. The molecule has 0 aliphatic rings. The topological polar surface area (TPSA) is 97.5 Å². The van der Waals surface area contributed by atoms with E-state index in [0.717, 1.165) is 5.69 Å². The molecule has 0 atom stereocenters. The van der Waals surface area contributed by atoms with Crippen LogP contribution in [0.4, 0.5) is 5.95 Å². The monoisotopic (exact) mass is 303 g/mol. The Hall–Kier alpha value is -1.25. The van der Waals surface area contributed by atoms with Crippen molar-refractivity contribution in [3.8, 4) is 0 Å². The molecule has 2 heterocycles. The lowest BCUT2D eigenvalue weighted by Gasteiger charge is -1.98. The van der Waals surface area contributed by atoms with Crippen LogP contribution in [0.3, 0.4) is 0 Å². The minimum Gasteiger partial charge on any atom is -0.369 e. The van der Waals surface area contributed by atoms with E-state index in [0.29, 0.717) is 4.43 Å². The third-order valence-electron chi connectivity index (χ3n) is 1.62. The molecule has 0 amide bonds. The van der Waals surface area contributed by atoms with Gasteiger partial charge in [-0.2, -0.15) is 4.98 Å². The van der Waals surface area contributed by atoms with Gasteiger partial charge in [-0.1, -0.05) is 22.6 Å². The molecule has 0 aliphatic carbocycles. The Bertz CT molecular complexity index is 537. The molecule has 0 aliphatic heterocycles. The largest absolute Gasteiger partial charge is 0.369 e. The van der Waals surface area contributed by atoms with E-state index >= 15 is 0 Å². The fraction of sp³-hybridized carbons (Fsp3) is 0.143. The third kappa shape index (κ3) is 1.54. The van der Waals surface area contributed by atoms with Gasteiger partial charge in [0.1, 0.15) is 0 Å². The van der Waals surface area contributed by atoms with Crippen molar-refractivity contribution in [1.29, 1.82) is 0 Å². The summed E-state index contributed by atoms with van der Waals surface area (Å²) >= 11 is 2.14. The number of aromatic amines is 1. The maximum Gasteiger partial charge on any atom is 0.280 e. The first-order chi connectivity index (χ1) is 6.70. The Balaban J connectivity index is 2.82. The second-order valence-corrected chi connectivity index (χ2v) is 3.38. The molecular formula is C7H6IN5O. The van der Waals surface area contributed by atoms with Crippen molar-refractivity contribution in [3.05, 3.63) is 22.2 Å². The average Bonchev–Trinajstić information content (AvgIpc) is 2.17. The van der Waals surface area contributed by atoms with Crippen LogP contribution in [0.5, 0.6) is 0 Å². The van der Waals surface area contributed by atoms with Gasteiger partial charge in [0.05, 0.1) is 11.9 Å². The molecule has 2 aromatic rings. The molecule has 72 valence electrons. The van der Waals surface area contributed by atoms with Crippen LogP contribution in [0.1, 0.15) is 5.69 Å². The van der Waals surface area contributed by atoms with Gasteiger partial charge >= 0.3 is 0 Å². The standard InChI is InChI=1S/C7H6IN5O/c8-1-3-2-10-5-4(11-3)6(14)13-7(9)12-5/h2H,1H2,(H3,9,10,12,13,14). The first-order valence-electron chi connectivity index (χ1n) is 3.78. The molecule has 0 saturated heterocycles. The van der Waals surface area contributed by atoms with Crippen molar-refractivity contribution in [2.45, 2.75) is 4.43 Å². The number of fused-ring (bicyclic) bond motifs is 1. The Kier molecular flexibility index (Phi) is 2.32. The van der Waals surface area contributed by atoms with Gasteiger partial charge in [0, 0.05) is 4.43 Å². The van der Waals surface area contributed by atoms with Crippen LogP contribution in [-0.2, 0) is 4.43 Å². The van der Waals surface area contributed by atoms with E-state index in [1.165, 1.54) is 0 Å². The van der Waals surface area contributed by atoms with E-state index in [9.17, 15) is 4.79 Å². The quantitative estimate of drug-likeness (QED) is 0.580. The molecule has 3 N–H and O–H groups in total. The van der Waals surface area contributed by atoms with Crippen LogP contribution < -0.4 is 11.3 Å². The number of nitrogen functional groups attached to an aromatic ring is 1. The van der Waals surface area contributed by atoms with E-state index in [-0.39, 0.29) is 22.7 Å². The molecule has 14 heavy (non-hydrogen) atoms. The zero-order valence-electron chi connectivity index (χ0n) is 6.99. The molecule has 0 aromatic carbocycles. The van der Waals surface area contributed by atoms with E-state index < -0.39 is 0 Å². The molecule has 0 spiro atoms. The van der Waals surface area contributed by atoms with E-state index in [1.54, 1.807) is 6.20 Å². The minimum atomic E-state index is -0.355. The molecule has 2 rings (SSSR count). The number of anilines is 1. The van der Waals surface area contributed by atoms with E-state index in [1.807, 2.05) is 0 Å². The lowest BCUT2D eigenvalue weighted by atomic mass is 10.4. The van der Waals surface area contributed by atoms with Gasteiger partial charge in [-0.3, -0.25) is 9.78 Å². The first kappa shape index (κ1) is 9.31. The number of hydrogen-bond acceptors (Lipinski definition) is 5. The van der Waals surface area contributed by atoms with Gasteiger partial charge in [0.15, 0.2) is 11.2 Å². The van der Waals surface area contributed by atoms with Crippen molar-refractivity contribution in [2.24, 2.45) is 0 Å². The summed E-state index contributed by atoms with van der Waals surface area (Å²) < 4.78 is 0.699. The van der Waals surface area contributed by atoms with Crippen LogP contribution in [-0.4, -0.2) is 19.9 Å². The Morgan fingerprint density at radius 2 is 2.29 bits per heavy atom. The van der Waals surface area contributed by atoms with Gasteiger partial charge in [0.2, 0.25) is 5.95 Å². The molecule has 0 unspecified atom stereocenters. The van der Waals surface area contributed by atoms with Crippen LogP contribution >= 0.6 is 22.6 Å². The summed E-state index contributed by atoms with van der Waals surface area (Å²) in [5, 5.41) is 0. The van der Waals surface area contributed by atoms with Gasteiger partial charge in [-0.25, -0.2) is 9.97 Å². The van der Waals surface area contributed by atoms with Crippen LogP contribution in [0.25, 0.3) is 11.2 Å². The Labute approximate surface area is 92.1 Å². The molecule has 2 aromatic heterocycles. The highest BCUT2D eigenvalue weighted by Crippen LogP contribution is 2.05. The molecule has 7 heteroatoms. The van der Waals surface area contributed by atoms with Gasteiger partial charge < -0.3 is 5.73 Å². The van der Waals surface area contributed by atoms with E-state index in [4.69, 9.17) is 5.73 Å². The number of nitrogens with one attached hydrogen (secondary N) is 1. The average molecular weight is 303 g/mol. The summed E-state index contributed by atoms with van der Waals surface area (Å²) in [5.41, 5.74) is 6.26. The number of nitrogens with zero attached hydrogens (tertiary/aromatic N) is 3. The fourth-order valence-corrected chi connectivity index (χ4v) is 1.40. The van der Waals surface area contributed by atoms with Gasteiger partial charge in [-0.05, 0) is 0 Å². The minimum absolute atomic E-state index is 0.0547. The molecular weight excluding hydrogens is 297 g/mol. The second kappa shape index (κ2) is 3.48. The summed E-state index contributed by atoms with van der Waals surface area (Å²) in [6.07, 6.45) is 1.58. The number of nitrogens with two attached hydrogens (primary N) is 1. The predicted octanol–water partition coefficient (Wildman–Crippen LogP) is 0.230. The van der Waals surface area contributed by atoms with Crippen LogP contribution in [0.15, 0.2) is 11.0 Å². The number of aromatic nitrogens is 4. The maximum atomic E-state index is 11.4. The zero-order chi connectivity index (χ0) is 10.1. The lowest BCUT2D eigenvalue weighted by molar-refractivity contribution is 1.09. The SMILES string of the molecule is Nc1nc2ncc(CI)nc2c(=O)[nH]1. The number of hydrogen-bond donors (Lipinski definition) is 2. The summed E-state index contributed by atoms with van der Waals surface area (Å²) in [4.78, 5) is 25.7. The van der Waals surface area contributed by atoms with E-state index in [2.05, 4.69) is 42.5 Å². The molecule has 6 nitrogen and oxygen atoms in total. The number of rotatable bonds is 1. The molecule has 0 bridgehead atoms. The summed E-state index contributed by atoms with van der Waals surface area (Å²) in [7, 11) is 0. The smallest absolute Gasteiger partial charge is 0.280 e. The summed E-state index contributed by atoms with van der Waals surface area (Å²) in [6, 6.07) is 0. The summed E-state index contributed by atoms with van der Waals surface area (Å²) in [5.74, 6) is 0.0547. The normalized spacial score (nSPS) is 10.6. The van der Waals surface area contributed by atoms with Crippen molar-refractivity contribution >= 4 is 39.7 Å². The number of halogens is 1. The zero-order valence-corrected chi connectivity index (χ0v) is 9.15. The van der Waals surface area contributed by atoms with Crippen molar-refractivity contribution < 1.29 is 0 Å². The summed E-state index contributed by atoms with van der Waals surface area (Å²) in [6.45, 7) is 0. The Morgan fingerprint density at radius 1 is 1.50 bits per heavy atom. The van der Waals surface area contributed by atoms with Crippen molar-refractivity contribution in [3.63, 3.8) is 0 Å². The Morgan fingerprint density at radius 3 is 3.00 bits per heavy atom. The van der Waals surface area contributed by atoms with Crippen LogP contribution in [0, 0.1) is 0 Å². The van der Waals surface area contributed by atoms with Crippen molar-refractivity contribution in [2.75, 3.05) is 5.73 Å². The molecule has 0 fully saturated rings. The fourth-order valence-electron chi connectivity index (χ4n) is 1.04. The second-order valence-electron chi connectivity index (χ2n) is 2.62. The molecule has 0 saturated carbocycles. The van der Waals surface area contributed by atoms with Gasteiger partial charge in [0.25, 0.3) is 5.56 Å². The first-order valence-corrected chi connectivity index (χ1v) is 5.30. The van der Waals surface area contributed by atoms with Gasteiger partial charge in [-0.15, -0.1) is 0 Å². The highest BCUT2D eigenvalue weighted by molar-refractivity contribution is 14.1. The van der Waals surface area contributed by atoms with Crippen molar-refractivity contribution in [1.82, 2.24) is 19.9 Å². The number of H-pyrrole nitrogens is 1. The molecule has 0 radical (unpaired) electrons. The highest BCUT2D eigenvalue weighted by Gasteiger charge is 2.05. The lowest BCUT2D eigenvalue weighted by Crippen LogP contribution is -2.13. The third-order valence-corrected chi connectivity index (χ3v) is 2.40. The maximum absolute atomic E-state index is 11.4.